The normalized spacial score (nSPS) is 14.7. The third-order valence-corrected chi connectivity index (χ3v) is 6.42. The Balaban J connectivity index is 1.34. The molecule has 178 valence electrons. The van der Waals surface area contributed by atoms with Crippen molar-refractivity contribution in [1.82, 2.24) is 9.88 Å². The number of carbonyl (C=O) groups excluding carboxylic acids is 1. The van der Waals surface area contributed by atoms with Crippen molar-refractivity contribution in [1.29, 1.82) is 0 Å². The van der Waals surface area contributed by atoms with Gasteiger partial charge in [-0.3, -0.25) is 14.7 Å². The Hall–Kier alpha value is -3.04. The van der Waals surface area contributed by atoms with Crippen LogP contribution in [0.5, 0.6) is 0 Å². The molecule has 1 aliphatic heterocycles. The third-order valence-electron chi connectivity index (χ3n) is 5.68. The maximum absolute atomic E-state index is 12.7. The molecule has 3 aromatic rings. The van der Waals surface area contributed by atoms with Crippen molar-refractivity contribution in [2.75, 3.05) is 42.9 Å². The zero-order chi connectivity index (χ0) is 24.0. The van der Waals surface area contributed by atoms with Crippen molar-refractivity contribution in [3.63, 3.8) is 0 Å². The summed E-state index contributed by atoms with van der Waals surface area (Å²) in [5.41, 5.74) is -1.15. The fourth-order valence-electron chi connectivity index (χ4n) is 3.91. The molecule has 1 aliphatic rings. The molecule has 1 amide bonds. The first kappa shape index (κ1) is 24.1. The maximum atomic E-state index is 12.7. The van der Waals surface area contributed by atoms with Crippen LogP contribution in [0.3, 0.4) is 0 Å². The van der Waals surface area contributed by atoms with Crippen LogP contribution in [0.25, 0.3) is 0 Å². The third kappa shape index (κ3) is 6.74. The lowest BCUT2D eigenvalue weighted by Crippen LogP contribution is -2.47. The minimum atomic E-state index is -4.36. The lowest BCUT2D eigenvalue weighted by Gasteiger charge is -2.37. The van der Waals surface area contributed by atoms with E-state index in [1.807, 2.05) is 48.8 Å². The van der Waals surface area contributed by atoms with Gasteiger partial charge in [-0.2, -0.15) is 13.2 Å². The number of anilines is 2. The SMILES string of the molecule is O=C(Nc1ccccc1N1CCN(CCc2ccncc2)CC1)c1ccc(SC(F)(F)F)cc1. The quantitative estimate of drug-likeness (QED) is 0.459. The number of amides is 1. The number of para-hydroxylation sites is 2. The lowest BCUT2D eigenvalue weighted by atomic mass is 10.1. The second-order valence-electron chi connectivity index (χ2n) is 7.98. The predicted molar refractivity (Wildman–Crippen MR) is 129 cm³/mol. The monoisotopic (exact) mass is 486 g/mol. The summed E-state index contributed by atoms with van der Waals surface area (Å²) in [5, 5.41) is 2.92. The van der Waals surface area contributed by atoms with E-state index in [0.717, 1.165) is 44.8 Å². The largest absolute Gasteiger partial charge is 0.446 e. The van der Waals surface area contributed by atoms with E-state index in [2.05, 4.69) is 20.1 Å². The molecule has 1 saturated heterocycles. The van der Waals surface area contributed by atoms with Gasteiger partial charge in [0.15, 0.2) is 0 Å². The Morgan fingerprint density at radius 3 is 2.29 bits per heavy atom. The van der Waals surface area contributed by atoms with Crippen LogP contribution in [0, 0.1) is 0 Å². The van der Waals surface area contributed by atoms with Crippen LogP contribution in [0.2, 0.25) is 0 Å². The molecule has 9 heteroatoms. The molecular formula is C25H25F3N4OS. The van der Waals surface area contributed by atoms with Gasteiger partial charge in [0, 0.05) is 55.6 Å². The molecule has 4 rings (SSSR count). The Labute approximate surface area is 201 Å². The number of halogens is 3. The minimum absolute atomic E-state index is 0.0475. The zero-order valence-corrected chi connectivity index (χ0v) is 19.3. The molecule has 0 aliphatic carbocycles. The van der Waals surface area contributed by atoms with E-state index in [9.17, 15) is 18.0 Å². The van der Waals surface area contributed by atoms with Gasteiger partial charge in [0.05, 0.1) is 11.4 Å². The first-order valence-corrected chi connectivity index (χ1v) is 11.8. The standard InChI is InChI=1S/C25H25F3N4OS/c26-25(27,28)34-21-7-5-20(6-8-21)24(33)30-22-3-1-2-4-23(22)32-17-15-31(16-18-32)14-11-19-9-12-29-13-10-19/h1-10,12-13H,11,14-18H2,(H,30,33). The van der Waals surface area contributed by atoms with Gasteiger partial charge >= 0.3 is 5.51 Å². The summed E-state index contributed by atoms with van der Waals surface area (Å²) in [6, 6.07) is 17.1. The number of nitrogens with zero attached hydrogens (tertiary/aromatic N) is 3. The molecule has 1 N–H and O–H groups in total. The van der Waals surface area contributed by atoms with Crippen LogP contribution >= 0.6 is 11.8 Å². The van der Waals surface area contributed by atoms with Crippen molar-refractivity contribution >= 4 is 29.0 Å². The van der Waals surface area contributed by atoms with E-state index in [4.69, 9.17) is 0 Å². The first-order valence-electron chi connectivity index (χ1n) is 11.0. The molecular weight excluding hydrogens is 461 g/mol. The molecule has 2 heterocycles. The van der Waals surface area contributed by atoms with E-state index in [-0.39, 0.29) is 22.6 Å². The first-order chi connectivity index (χ1) is 16.4. The zero-order valence-electron chi connectivity index (χ0n) is 18.5. The van der Waals surface area contributed by atoms with Crippen molar-refractivity contribution < 1.29 is 18.0 Å². The highest BCUT2D eigenvalue weighted by atomic mass is 32.2. The fourth-order valence-corrected chi connectivity index (χ4v) is 4.45. The van der Waals surface area contributed by atoms with E-state index in [1.165, 1.54) is 29.8 Å². The van der Waals surface area contributed by atoms with Crippen molar-refractivity contribution in [2.24, 2.45) is 0 Å². The number of benzene rings is 2. The highest BCUT2D eigenvalue weighted by molar-refractivity contribution is 8.00. The van der Waals surface area contributed by atoms with Gasteiger partial charge in [0.2, 0.25) is 0 Å². The molecule has 0 spiro atoms. The highest BCUT2D eigenvalue weighted by Crippen LogP contribution is 2.36. The molecule has 1 fully saturated rings. The number of alkyl halides is 3. The molecule has 0 atom stereocenters. The molecule has 1 aromatic heterocycles. The average Bonchev–Trinajstić information content (AvgIpc) is 2.83. The van der Waals surface area contributed by atoms with E-state index < -0.39 is 5.51 Å². The maximum Gasteiger partial charge on any atom is 0.446 e. The van der Waals surface area contributed by atoms with E-state index in [0.29, 0.717) is 11.3 Å². The summed E-state index contributed by atoms with van der Waals surface area (Å²) in [7, 11) is 0. The van der Waals surface area contributed by atoms with Crippen LogP contribution in [-0.4, -0.2) is 54.0 Å². The highest BCUT2D eigenvalue weighted by Gasteiger charge is 2.29. The molecule has 0 saturated carbocycles. The van der Waals surface area contributed by atoms with E-state index in [1.54, 1.807) is 0 Å². The smallest absolute Gasteiger partial charge is 0.367 e. The number of nitrogens with one attached hydrogen (secondary N) is 1. The van der Waals surface area contributed by atoms with Gasteiger partial charge in [-0.1, -0.05) is 12.1 Å². The Morgan fingerprint density at radius 1 is 0.941 bits per heavy atom. The summed E-state index contributed by atoms with van der Waals surface area (Å²) in [6.45, 7) is 4.51. The number of aromatic nitrogens is 1. The number of hydrogen-bond donors (Lipinski definition) is 1. The molecule has 0 unspecified atom stereocenters. The number of carbonyl (C=O) groups is 1. The summed E-state index contributed by atoms with van der Waals surface area (Å²) in [4.78, 5) is 21.5. The Kier molecular flexibility index (Phi) is 7.74. The van der Waals surface area contributed by atoms with Gasteiger partial charge in [-0.05, 0) is 72.3 Å². The van der Waals surface area contributed by atoms with Crippen LogP contribution in [0.4, 0.5) is 24.5 Å². The van der Waals surface area contributed by atoms with Crippen molar-refractivity contribution in [3.05, 3.63) is 84.2 Å². The number of thioether (sulfide) groups is 1. The second kappa shape index (κ2) is 10.9. The molecule has 34 heavy (non-hydrogen) atoms. The van der Waals surface area contributed by atoms with Gasteiger partial charge in [-0.25, -0.2) is 0 Å². The van der Waals surface area contributed by atoms with Crippen LogP contribution in [0.1, 0.15) is 15.9 Å². The summed E-state index contributed by atoms with van der Waals surface area (Å²) in [5.74, 6) is -0.355. The van der Waals surface area contributed by atoms with E-state index >= 15 is 0 Å². The van der Waals surface area contributed by atoms with Gasteiger partial charge in [0.25, 0.3) is 5.91 Å². The number of piperazine rings is 1. The second-order valence-corrected chi connectivity index (χ2v) is 9.12. The number of hydrogen-bond acceptors (Lipinski definition) is 5. The Bertz CT molecular complexity index is 1090. The van der Waals surface area contributed by atoms with Crippen LogP contribution in [-0.2, 0) is 6.42 Å². The van der Waals surface area contributed by atoms with Crippen molar-refractivity contribution in [2.45, 2.75) is 16.8 Å². The van der Waals surface area contributed by atoms with Crippen LogP contribution < -0.4 is 10.2 Å². The Morgan fingerprint density at radius 2 is 1.62 bits per heavy atom. The topological polar surface area (TPSA) is 48.5 Å². The van der Waals surface area contributed by atoms with Crippen LogP contribution in [0.15, 0.2) is 78.0 Å². The lowest BCUT2D eigenvalue weighted by molar-refractivity contribution is -0.0328. The van der Waals surface area contributed by atoms with Gasteiger partial charge < -0.3 is 10.2 Å². The molecule has 0 bridgehead atoms. The van der Waals surface area contributed by atoms with Gasteiger partial charge in [-0.15, -0.1) is 0 Å². The molecule has 0 radical (unpaired) electrons. The summed E-state index contributed by atoms with van der Waals surface area (Å²) < 4.78 is 37.6. The number of rotatable bonds is 7. The average molecular weight is 487 g/mol. The summed E-state index contributed by atoms with van der Waals surface area (Å²) in [6.07, 6.45) is 4.61. The predicted octanol–water partition coefficient (Wildman–Crippen LogP) is 5.31. The number of pyridine rings is 1. The fraction of sp³-hybridized carbons (Fsp3) is 0.280. The molecule has 2 aromatic carbocycles. The summed E-state index contributed by atoms with van der Waals surface area (Å²) >= 11 is -0.197. The van der Waals surface area contributed by atoms with Crippen molar-refractivity contribution in [3.8, 4) is 0 Å². The van der Waals surface area contributed by atoms with Gasteiger partial charge in [0.1, 0.15) is 0 Å². The molecule has 5 nitrogen and oxygen atoms in total. The minimum Gasteiger partial charge on any atom is -0.367 e.